The Morgan fingerprint density at radius 2 is 2.00 bits per heavy atom. The van der Waals surface area contributed by atoms with Crippen LogP contribution in [0.25, 0.3) is 0 Å². The van der Waals surface area contributed by atoms with Crippen LogP contribution in [0.2, 0.25) is 0 Å². The van der Waals surface area contributed by atoms with Crippen molar-refractivity contribution < 1.29 is 14.6 Å². The molecule has 13 heavy (non-hydrogen) atoms. The summed E-state index contributed by atoms with van der Waals surface area (Å²) in [6, 6.07) is 0. The molecule has 1 aliphatic rings. The summed E-state index contributed by atoms with van der Waals surface area (Å²) in [5.41, 5.74) is -1.25. The normalized spacial score (nSPS) is 21.5. The van der Waals surface area contributed by atoms with E-state index in [0.29, 0.717) is 25.9 Å². The molecule has 0 unspecified atom stereocenters. The molecule has 1 rings (SSSR count). The van der Waals surface area contributed by atoms with Gasteiger partial charge in [0.25, 0.3) is 0 Å². The Morgan fingerprint density at radius 1 is 1.46 bits per heavy atom. The third-order valence-electron chi connectivity index (χ3n) is 2.15. The molecule has 2 N–H and O–H groups in total. The second-order valence-electron chi connectivity index (χ2n) is 3.74. The molecule has 0 amide bonds. The summed E-state index contributed by atoms with van der Waals surface area (Å²) in [5, 5.41) is 13.0. The van der Waals surface area contributed by atoms with Crippen LogP contribution < -0.4 is 5.32 Å². The Morgan fingerprint density at radius 3 is 2.46 bits per heavy atom. The van der Waals surface area contributed by atoms with Gasteiger partial charge in [0.05, 0.1) is 6.10 Å². The number of rotatable bonds is 2. The van der Waals surface area contributed by atoms with Crippen LogP contribution in [0.1, 0.15) is 26.7 Å². The van der Waals surface area contributed by atoms with Crippen molar-refractivity contribution in [1.82, 2.24) is 5.32 Å². The topological polar surface area (TPSA) is 58.6 Å². The molecule has 4 nitrogen and oxygen atoms in total. The molecule has 0 aromatic carbocycles. The predicted octanol–water partition coefficient (Wildman–Crippen LogP) is 0.0525. The second kappa shape index (κ2) is 4.07. The highest BCUT2D eigenvalue weighted by atomic mass is 16.6. The molecule has 0 atom stereocenters. The SMILES string of the molecule is CC(C)OC(=O)C1(O)CCNCC1. The van der Waals surface area contributed by atoms with E-state index in [1.807, 2.05) is 0 Å². The van der Waals surface area contributed by atoms with E-state index in [4.69, 9.17) is 4.74 Å². The van der Waals surface area contributed by atoms with E-state index in [9.17, 15) is 9.90 Å². The van der Waals surface area contributed by atoms with Crippen LogP contribution in [-0.2, 0) is 9.53 Å². The highest BCUT2D eigenvalue weighted by molar-refractivity contribution is 5.79. The molecule has 1 aliphatic heterocycles. The zero-order valence-electron chi connectivity index (χ0n) is 8.17. The van der Waals surface area contributed by atoms with Gasteiger partial charge in [-0.05, 0) is 39.8 Å². The van der Waals surface area contributed by atoms with E-state index < -0.39 is 11.6 Å². The highest BCUT2D eigenvalue weighted by Crippen LogP contribution is 2.20. The maximum atomic E-state index is 11.4. The van der Waals surface area contributed by atoms with Crippen LogP contribution in [-0.4, -0.2) is 35.9 Å². The van der Waals surface area contributed by atoms with E-state index in [1.165, 1.54) is 0 Å². The average molecular weight is 187 g/mol. The standard InChI is InChI=1S/C9H17NO3/c1-7(2)13-8(11)9(12)3-5-10-6-4-9/h7,10,12H,3-6H2,1-2H3. The van der Waals surface area contributed by atoms with E-state index in [2.05, 4.69) is 5.32 Å². The lowest BCUT2D eigenvalue weighted by molar-refractivity contribution is -0.172. The summed E-state index contributed by atoms with van der Waals surface area (Å²) in [6.45, 7) is 4.90. The van der Waals surface area contributed by atoms with Crippen LogP contribution in [0.15, 0.2) is 0 Å². The minimum Gasteiger partial charge on any atom is -0.461 e. The first-order valence-corrected chi connectivity index (χ1v) is 4.69. The van der Waals surface area contributed by atoms with Crippen molar-refractivity contribution in [3.05, 3.63) is 0 Å². The van der Waals surface area contributed by atoms with Crippen LogP contribution >= 0.6 is 0 Å². The smallest absolute Gasteiger partial charge is 0.338 e. The fraction of sp³-hybridized carbons (Fsp3) is 0.889. The van der Waals surface area contributed by atoms with Gasteiger partial charge in [0, 0.05) is 0 Å². The lowest BCUT2D eigenvalue weighted by Crippen LogP contribution is -2.49. The number of hydrogen-bond donors (Lipinski definition) is 2. The van der Waals surface area contributed by atoms with Crippen molar-refractivity contribution in [2.24, 2.45) is 0 Å². The van der Waals surface area contributed by atoms with Crippen molar-refractivity contribution >= 4 is 5.97 Å². The van der Waals surface area contributed by atoms with Gasteiger partial charge in [-0.1, -0.05) is 0 Å². The number of piperidine rings is 1. The molecule has 0 aliphatic carbocycles. The molecule has 0 bridgehead atoms. The maximum absolute atomic E-state index is 11.4. The average Bonchev–Trinajstić information content (AvgIpc) is 2.04. The molecular formula is C9H17NO3. The quantitative estimate of drug-likeness (QED) is 0.600. The number of nitrogens with one attached hydrogen (secondary N) is 1. The molecule has 0 aromatic rings. The first kappa shape index (κ1) is 10.5. The summed E-state index contributed by atoms with van der Waals surface area (Å²) < 4.78 is 4.98. The first-order chi connectivity index (χ1) is 6.04. The van der Waals surface area contributed by atoms with Crippen LogP contribution in [0.5, 0.6) is 0 Å². The Hall–Kier alpha value is -0.610. The molecule has 0 saturated carbocycles. The zero-order valence-corrected chi connectivity index (χ0v) is 8.17. The Kier molecular flexibility index (Phi) is 3.27. The fourth-order valence-electron chi connectivity index (χ4n) is 1.37. The number of carbonyl (C=O) groups is 1. The van der Waals surface area contributed by atoms with Crippen LogP contribution in [0.4, 0.5) is 0 Å². The lowest BCUT2D eigenvalue weighted by atomic mass is 9.93. The molecule has 0 radical (unpaired) electrons. The van der Waals surface area contributed by atoms with Gasteiger partial charge in [-0.2, -0.15) is 0 Å². The summed E-state index contributed by atoms with van der Waals surface area (Å²) in [5.74, 6) is -0.482. The number of esters is 1. The van der Waals surface area contributed by atoms with E-state index >= 15 is 0 Å². The van der Waals surface area contributed by atoms with Gasteiger partial charge in [0.2, 0.25) is 0 Å². The van der Waals surface area contributed by atoms with Gasteiger partial charge in [-0.15, -0.1) is 0 Å². The van der Waals surface area contributed by atoms with Crippen molar-refractivity contribution in [3.8, 4) is 0 Å². The number of hydrogen-bond acceptors (Lipinski definition) is 4. The van der Waals surface area contributed by atoms with E-state index in [-0.39, 0.29) is 6.10 Å². The summed E-state index contributed by atoms with van der Waals surface area (Å²) in [6.07, 6.45) is 0.725. The molecule has 0 spiro atoms. The van der Waals surface area contributed by atoms with Crippen molar-refractivity contribution in [3.63, 3.8) is 0 Å². The second-order valence-corrected chi connectivity index (χ2v) is 3.74. The number of carbonyl (C=O) groups excluding carboxylic acids is 1. The van der Waals surface area contributed by atoms with Crippen molar-refractivity contribution in [2.75, 3.05) is 13.1 Å². The predicted molar refractivity (Wildman–Crippen MR) is 48.3 cm³/mol. The minimum atomic E-state index is -1.25. The molecular weight excluding hydrogens is 170 g/mol. The summed E-state index contributed by atoms with van der Waals surface area (Å²) >= 11 is 0. The largest absolute Gasteiger partial charge is 0.461 e. The lowest BCUT2D eigenvalue weighted by Gasteiger charge is -2.30. The van der Waals surface area contributed by atoms with E-state index in [0.717, 1.165) is 0 Å². The van der Waals surface area contributed by atoms with Gasteiger partial charge < -0.3 is 15.2 Å². The molecule has 1 fully saturated rings. The van der Waals surface area contributed by atoms with Gasteiger partial charge >= 0.3 is 5.97 Å². The number of ether oxygens (including phenoxy) is 1. The molecule has 4 heteroatoms. The minimum absolute atomic E-state index is 0.161. The molecule has 1 saturated heterocycles. The van der Waals surface area contributed by atoms with E-state index in [1.54, 1.807) is 13.8 Å². The van der Waals surface area contributed by atoms with Gasteiger partial charge in [-0.25, -0.2) is 4.79 Å². The van der Waals surface area contributed by atoms with Gasteiger partial charge in [0.15, 0.2) is 5.60 Å². The number of aliphatic hydroxyl groups is 1. The van der Waals surface area contributed by atoms with Crippen molar-refractivity contribution in [1.29, 1.82) is 0 Å². The Labute approximate surface area is 78.3 Å². The molecule has 1 heterocycles. The first-order valence-electron chi connectivity index (χ1n) is 4.69. The monoisotopic (exact) mass is 187 g/mol. The van der Waals surface area contributed by atoms with Crippen LogP contribution in [0.3, 0.4) is 0 Å². The van der Waals surface area contributed by atoms with Crippen molar-refractivity contribution in [2.45, 2.75) is 38.4 Å². The zero-order chi connectivity index (χ0) is 9.90. The maximum Gasteiger partial charge on any atom is 0.338 e. The Balaban J connectivity index is 2.51. The third kappa shape index (κ3) is 2.67. The molecule has 76 valence electrons. The Bertz CT molecular complexity index is 185. The highest BCUT2D eigenvalue weighted by Gasteiger charge is 2.38. The fourth-order valence-corrected chi connectivity index (χ4v) is 1.37. The molecule has 0 aromatic heterocycles. The summed E-state index contributed by atoms with van der Waals surface area (Å²) in [7, 11) is 0. The third-order valence-corrected chi connectivity index (χ3v) is 2.15. The van der Waals surface area contributed by atoms with Gasteiger partial charge in [-0.3, -0.25) is 0 Å². The van der Waals surface area contributed by atoms with Crippen LogP contribution in [0, 0.1) is 0 Å². The summed E-state index contributed by atoms with van der Waals surface area (Å²) in [4.78, 5) is 11.4. The van der Waals surface area contributed by atoms with Gasteiger partial charge in [0.1, 0.15) is 0 Å².